The molecule has 142 valence electrons. The highest BCUT2D eigenvalue weighted by Gasteiger charge is 2.19. The molecule has 0 bridgehead atoms. The summed E-state index contributed by atoms with van der Waals surface area (Å²) in [6.07, 6.45) is 0.0371. The zero-order chi connectivity index (χ0) is 20.1. The van der Waals surface area contributed by atoms with Crippen LogP contribution in [0.4, 0.5) is 15.8 Å². The number of halogens is 2. The molecule has 0 aliphatic rings. The molecule has 5 nitrogen and oxygen atoms in total. The normalized spacial score (nSPS) is 11.6. The lowest BCUT2D eigenvalue weighted by Gasteiger charge is -2.20. The van der Waals surface area contributed by atoms with Gasteiger partial charge >= 0.3 is 0 Å². The third kappa shape index (κ3) is 4.92. The molecule has 0 saturated heterocycles. The van der Waals surface area contributed by atoms with Crippen LogP contribution in [0.1, 0.15) is 28.4 Å². The summed E-state index contributed by atoms with van der Waals surface area (Å²) in [4.78, 5) is 23.3. The highest BCUT2D eigenvalue weighted by atomic mass is 35.5. The zero-order valence-corrected chi connectivity index (χ0v) is 15.4. The number of anilines is 1. The zero-order valence-electron chi connectivity index (χ0n) is 14.6. The van der Waals surface area contributed by atoms with Crippen molar-refractivity contribution in [3.8, 4) is 0 Å². The molecule has 0 aliphatic heterocycles. The Hall–Kier alpha value is -3.25. The van der Waals surface area contributed by atoms with Gasteiger partial charge in [-0.15, -0.1) is 0 Å². The Morgan fingerprint density at radius 2 is 1.75 bits per heavy atom. The van der Waals surface area contributed by atoms with Crippen molar-refractivity contribution in [1.29, 1.82) is 0 Å². The van der Waals surface area contributed by atoms with Crippen molar-refractivity contribution in [1.82, 2.24) is 0 Å². The fourth-order valence-electron chi connectivity index (χ4n) is 2.79. The van der Waals surface area contributed by atoms with Crippen LogP contribution >= 0.6 is 11.6 Å². The van der Waals surface area contributed by atoms with Crippen LogP contribution in [0.3, 0.4) is 0 Å². The maximum atomic E-state index is 13.1. The highest BCUT2D eigenvalue weighted by Crippen LogP contribution is 2.28. The van der Waals surface area contributed by atoms with Crippen molar-refractivity contribution in [3.05, 3.63) is 105 Å². The minimum absolute atomic E-state index is 0.0371. The Balaban J connectivity index is 1.90. The largest absolute Gasteiger partial charge is 0.378 e. The molecule has 28 heavy (non-hydrogen) atoms. The third-order valence-corrected chi connectivity index (χ3v) is 4.48. The van der Waals surface area contributed by atoms with E-state index in [1.807, 2.05) is 0 Å². The number of nitrogens with zero attached hydrogens (tertiary/aromatic N) is 1. The van der Waals surface area contributed by atoms with E-state index in [0.717, 1.165) is 0 Å². The minimum Gasteiger partial charge on any atom is -0.378 e. The first-order valence-electron chi connectivity index (χ1n) is 8.47. The van der Waals surface area contributed by atoms with E-state index in [0.29, 0.717) is 21.8 Å². The molecule has 0 aromatic heterocycles. The average Bonchev–Trinajstić information content (AvgIpc) is 2.69. The van der Waals surface area contributed by atoms with Gasteiger partial charge in [0.2, 0.25) is 0 Å². The van der Waals surface area contributed by atoms with E-state index >= 15 is 0 Å². The molecule has 1 unspecified atom stereocenters. The molecule has 3 aromatic carbocycles. The summed E-state index contributed by atoms with van der Waals surface area (Å²) < 4.78 is 13.1. The topological polar surface area (TPSA) is 72.2 Å². The van der Waals surface area contributed by atoms with E-state index in [1.54, 1.807) is 36.4 Å². The van der Waals surface area contributed by atoms with E-state index in [2.05, 4.69) is 5.32 Å². The van der Waals surface area contributed by atoms with Gasteiger partial charge in [0.25, 0.3) is 5.69 Å². The predicted molar refractivity (Wildman–Crippen MR) is 106 cm³/mol. The van der Waals surface area contributed by atoms with Gasteiger partial charge < -0.3 is 5.32 Å². The van der Waals surface area contributed by atoms with E-state index in [9.17, 15) is 19.3 Å². The van der Waals surface area contributed by atoms with Crippen LogP contribution in [0.5, 0.6) is 0 Å². The van der Waals surface area contributed by atoms with Crippen LogP contribution in [0.25, 0.3) is 0 Å². The number of nitro groups is 1. The molecule has 0 aliphatic carbocycles. The average molecular weight is 399 g/mol. The van der Waals surface area contributed by atoms with Crippen molar-refractivity contribution in [2.24, 2.45) is 0 Å². The second-order valence-corrected chi connectivity index (χ2v) is 6.63. The van der Waals surface area contributed by atoms with Gasteiger partial charge in [-0.2, -0.15) is 0 Å². The summed E-state index contributed by atoms with van der Waals surface area (Å²) in [5, 5.41) is 14.9. The lowest BCUT2D eigenvalue weighted by atomic mass is 9.97. The van der Waals surface area contributed by atoms with E-state index in [-0.39, 0.29) is 17.9 Å². The van der Waals surface area contributed by atoms with Crippen LogP contribution in [0.15, 0.2) is 72.8 Å². The van der Waals surface area contributed by atoms with E-state index in [1.165, 1.54) is 36.4 Å². The molecule has 0 radical (unpaired) electrons. The van der Waals surface area contributed by atoms with Crippen molar-refractivity contribution in [3.63, 3.8) is 0 Å². The third-order valence-electron chi connectivity index (χ3n) is 4.22. The molecule has 0 spiro atoms. The molecule has 0 saturated carbocycles. The van der Waals surface area contributed by atoms with Crippen molar-refractivity contribution < 1.29 is 14.1 Å². The number of benzene rings is 3. The maximum Gasteiger partial charge on any atom is 0.269 e. The summed E-state index contributed by atoms with van der Waals surface area (Å²) in [7, 11) is 0. The second kappa shape index (κ2) is 8.63. The SMILES string of the molecule is O=C(CC(Nc1ccc(Cl)cc1)c1cccc([N+](=O)[O-])c1)c1ccc(F)cc1. The maximum absolute atomic E-state index is 13.1. The Kier molecular flexibility index (Phi) is 6.01. The van der Waals surface area contributed by atoms with Crippen molar-refractivity contribution >= 4 is 28.8 Å². The standard InChI is InChI=1S/C21H16ClFN2O3/c22-16-6-10-18(11-7-16)24-20(15-2-1-3-19(12-15)25(27)28)13-21(26)14-4-8-17(23)9-5-14/h1-12,20,24H,13H2. The fourth-order valence-corrected chi connectivity index (χ4v) is 2.92. The van der Waals surface area contributed by atoms with Gasteiger partial charge in [0.05, 0.1) is 11.0 Å². The quantitative estimate of drug-likeness (QED) is 0.309. The molecular weight excluding hydrogens is 383 g/mol. The molecule has 1 N–H and O–H groups in total. The fraction of sp³-hybridized carbons (Fsp3) is 0.0952. The van der Waals surface area contributed by atoms with Crippen LogP contribution in [0, 0.1) is 15.9 Å². The van der Waals surface area contributed by atoms with Gasteiger partial charge in [-0.25, -0.2) is 4.39 Å². The summed E-state index contributed by atoms with van der Waals surface area (Å²) in [5.74, 6) is -0.635. The smallest absolute Gasteiger partial charge is 0.269 e. The van der Waals surface area contributed by atoms with Gasteiger partial charge in [0, 0.05) is 34.8 Å². The van der Waals surface area contributed by atoms with Crippen molar-refractivity contribution in [2.75, 3.05) is 5.32 Å². The lowest BCUT2D eigenvalue weighted by molar-refractivity contribution is -0.384. The molecular formula is C21H16ClFN2O3. The number of ketones is 1. The Bertz CT molecular complexity index is 991. The Morgan fingerprint density at radius 1 is 1.07 bits per heavy atom. The number of hydrogen-bond acceptors (Lipinski definition) is 4. The second-order valence-electron chi connectivity index (χ2n) is 6.19. The number of non-ortho nitro benzene ring substituents is 1. The minimum atomic E-state index is -0.515. The van der Waals surface area contributed by atoms with Crippen LogP contribution < -0.4 is 5.32 Å². The van der Waals surface area contributed by atoms with Gasteiger partial charge in [0.15, 0.2) is 5.78 Å². The molecule has 3 aromatic rings. The molecule has 0 fully saturated rings. The van der Waals surface area contributed by atoms with Crippen LogP contribution in [0.2, 0.25) is 5.02 Å². The van der Waals surface area contributed by atoms with Gasteiger partial charge in [-0.3, -0.25) is 14.9 Å². The van der Waals surface area contributed by atoms with Crippen LogP contribution in [-0.2, 0) is 0 Å². The number of rotatable bonds is 7. The number of nitrogens with one attached hydrogen (secondary N) is 1. The Morgan fingerprint density at radius 3 is 2.39 bits per heavy atom. The van der Waals surface area contributed by atoms with Gasteiger partial charge in [-0.1, -0.05) is 23.7 Å². The van der Waals surface area contributed by atoms with E-state index < -0.39 is 16.8 Å². The monoisotopic (exact) mass is 398 g/mol. The molecule has 1 atom stereocenters. The van der Waals surface area contributed by atoms with Crippen molar-refractivity contribution in [2.45, 2.75) is 12.5 Å². The number of Topliss-reactive ketones (excluding diaryl/α,β-unsaturated/α-hetero) is 1. The summed E-state index contributed by atoms with van der Waals surface area (Å²) in [5.41, 5.74) is 1.62. The molecule has 3 rings (SSSR count). The Labute approximate surface area is 165 Å². The van der Waals surface area contributed by atoms with Crippen LogP contribution in [-0.4, -0.2) is 10.7 Å². The predicted octanol–water partition coefficient (Wildman–Crippen LogP) is 5.81. The molecule has 0 heterocycles. The first kappa shape index (κ1) is 19.5. The molecule has 0 amide bonds. The van der Waals surface area contributed by atoms with Gasteiger partial charge in [0.1, 0.15) is 5.82 Å². The lowest BCUT2D eigenvalue weighted by Crippen LogP contribution is -2.16. The highest BCUT2D eigenvalue weighted by molar-refractivity contribution is 6.30. The summed E-state index contributed by atoms with van der Waals surface area (Å²) in [6, 6.07) is 17.8. The number of nitro benzene ring substituents is 1. The van der Waals surface area contributed by atoms with Gasteiger partial charge in [-0.05, 0) is 54.1 Å². The number of carbonyl (C=O) groups excluding carboxylic acids is 1. The first-order valence-corrected chi connectivity index (χ1v) is 8.85. The van der Waals surface area contributed by atoms with E-state index in [4.69, 9.17) is 11.6 Å². The molecule has 7 heteroatoms. The summed E-state index contributed by atoms with van der Waals surface area (Å²) >= 11 is 5.91. The number of carbonyl (C=O) groups is 1. The summed E-state index contributed by atoms with van der Waals surface area (Å²) in [6.45, 7) is 0. The first-order chi connectivity index (χ1) is 13.4. The number of hydrogen-bond donors (Lipinski definition) is 1.